The predicted octanol–water partition coefficient (Wildman–Crippen LogP) is 1.76. The fourth-order valence-corrected chi connectivity index (χ4v) is 1.24. The summed E-state index contributed by atoms with van der Waals surface area (Å²) < 4.78 is 0. The van der Waals surface area contributed by atoms with Gasteiger partial charge < -0.3 is 10.6 Å². The number of nitrogens with one attached hydrogen (secondary N) is 2. The van der Waals surface area contributed by atoms with Crippen LogP contribution in [0.4, 0.5) is 0 Å². The van der Waals surface area contributed by atoms with Gasteiger partial charge >= 0.3 is 0 Å². The SMILES string of the molecule is CC(C)NCCC(C)NC(C)C. The topological polar surface area (TPSA) is 24.1 Å². The Morgan fingerprint density at radius 1 is 0.917 bits per heavy atom. The number of rotatable bonds is 6. The molecule has 0 amide bonds. The molecule has 1 unspecified atom stereocenters. The molecular formula is C10H24N2. The lowest BCUT2D eigenvalue weighted by molar-refractivity contribution is 0.442. The third-order valence-corrected chi connectivity index (χ3v) is 1.75. The molecular weight excluding hydrogens is 148 g/mol. The second-order valence-electron chi connectivity index (χ2n) is 4.12. The molecule has 0 spiro atoms. The minimum Gasteiger partial charge on any atom is -0.314 e. The zero-order chi connectivity index (χ0) is 9.56. The van der Waals surface area contributed by atoms with Gasteiger partial charge in [0.25, 0.3) is 0 Å². The van der Waals surface area contributed by atoms with Gasteiger partial charge in [0, 0.05) is 18.1 Å². The molecule has 0 aliphatic carbocycles. The van der Waals surface area contributed by atoms with E-state index in [0.717, 1.165) is 6.54 Å². The molecule has 0 aromatic heterocycles. The van der Waals surface area contributed by atoms with E-state index in [1.165, 1.54) is 6.42 Å². The van der Waals surface area contributed by atoms with Crippen molar-refractivity contribution < 1.29 is 0 Å². The van der Waals surface area contributed by atoms with Gasteiger partial charge in [0.05, 0.1) is 0 Å². The van der Waals surface area contributed by atoms with Crippen LogP contribution in [-0.4, -0.2) is 24.7 Å². The largest absolute Gasteiger partial charge is 0.314 e. The van der Waals surface area contributed by atoms with Crippen LogP contribution in [0.5, 0.6) is 0 Å². The average Bonchev–Trinajstić information content (AvgIpc) is 1.84. The Balaban J connectivity index is 3.25. The van der Waals surface area contributed by atoms with Gasteiger partial charge in [-0.25, -0.2) is 0 Å². The summed E-state index contributed by atoms with van der Waals surface area (Å²) in [7, 11) is 0. The van der Waals surface area contributed by atoms with E-state index in [0.29, 0.717) is 18.1 Å². The van der Waals surface area contributed by atoms with Crippen molar-refractivity contribution in [2.24, 2.45) is 0 Å². The summed E-state index contributed by atoms with van der Waals surface area (Å²) >= 11 is 0. The van der Waals surface area contributed by atoms with Crippen LogP contribution in [-0.2, 0) is 0 Å². The maximum Gasteiger partial charge on any atom is 0.00531 e. The molecule has 0 bridgehead atoms. The minimum atomic E-state index is 0.596. The molecule has 2 N–H and O–H groups in total. The predicted molar refractivity (Wildman–Crippen MR) is 55.5 cm³/mol. The summed E-state index contributed by atoms with van der Waals surface area (Å²) in [5.74, 6) is 0. The zero-order valence-corrected chi connectivity index (χ0v) is 9.15. The van der Waals surface area contributed by atoms with Gasteiger partial charge in [-0.05, 0) is 19.9 Å². The van der Waals surface area contributed by atoms with E-state index < -0.39 is 0 Å². The fourth-order valence-electron chi connectivity index (χ4n) is 1.24. The van der Waals surface area contributed by atoms with Crippen LogP contribution in [0.3, 0.4) is 0 Å². The summed E-state index contributed by atoms with van der Waals surface area (Å²) in [6, 6.07) is 1.83. The van der Waals surface area contributed by atoms with Gasteiger partial charge in [-0.15, -0.1) is 0 Å². The molecule has 1 atom stereocenters. The minimum absolute atomic E-state index is 0.596. The lowest BCUT2D eigenvalue weighted by Crippen LogP contribution is -2.35. The number of hydrogen-bond donors (Lipinski definition) is 2. The Kier molecular flexibility index (Phi) is 6.39. The van der Waals surface area contributed by atoms with Crippen molar-refractivity contribution in [1.29, 1.82) is 0 Å². The maximum absolute atomic E-state index is 3.48. The van der Waals surface area contributed by atoms with Crippen molar-refractivity contribution in [3.05, 3.63) is 0 Å². The maximum atomic E-state index is 3.48. The normalized spacial score (nSPS) is 14.2. The summed E-state index contributed by atoms with van der Waals surface area (Å²) in [5, 5.41) is 6.89. The van der Waals surface area contributed by atoms with Crippen molar-refractivity contribution >= 4 is 0 Å². The van der Waals surface area contributed by atoms with Gasteiger partial charge in [0.2, 0.25) is 0 Å². The molecule has 0 saturated heterocycles. The highest BCUT2D eigenvalue weighted by Gasteiger charge is 2.02. The molecule has 0 radical (unpaired) electrons. The molecule has 2 nitrogen and oxygen atoms in total. The highest BCUT2D eigenvalue weighted by atomic mass is 14.9. The first-order chi connectivity index (χ1) is 5.52. The summed E-state index contributed by atoms with van der Waals surface area (Å²) in [6.45, 7) is 12.1. The van der Waals surface area contributed by atoms with E-state index in [1.54, 1.807) is 0 Å². The molecule has 0 aliphatic rings. The van der Waals surface area contributed by atoms with Crippen molar-refractivity contribution in [3.63, 3.8) is 0 Å². The van der Waals surface area contributed by atoms with E-state index in [2.05, 4.69) is 45.3 Å². The van der Waals surface area contributed by atoms with Crippen molar-refractivity contribution in [2.45, 2.75) is 59.2 Å². The first-order valence-electron chi connectivity index (χ1n) is 5.01. The van der Waals surface area contributed by atoms with E-state index in [4.69, 9.17) is 0 Å². The standard InChI is InChI=1S/C10H24N2/c1-8(2)11-7-6-10(5)12-9(3)4/h8-12H,6-7H2,1-5H3. The Hall–Kier alpha value is -0.0800. The van der Waals surface area contributed by atoms with Gasteiger partial charge in [-0.2, -0.15) is 0 Å². The fraction of sp³-hybridized carbons (Fsp3) is 1.00. The lowest BCUT2D eigenvalue weighted by Gasteiger charge is -2.17. The Labute approximate surface area is 77.1 Å². The average molecular weight is 172 g/mol. The number of hydrogen-bond acceptors (Lipinski definition) is 2. The monoisotopic (exact) mass is 172 g/mol. The first-order valence-corrected chi connectivity index (χ1v) is 5.01. The highest BCUT2D eigenvalue weighted by Crippen LogP contribution is 1.91. The summed E-state index contributed by atoms with van der Waals surface area (Å²) in [6.07, 6.45) is 1.20. The Bertz CT molecular complexity index is 100. The second kappa shape index (κ2) is 6.44. The van der Waals surface area contributed by atoms with E-state index >= 15 is 0 Å². The van der Waals surface area contributed by atoms with E-state index in [1.807, 2.05) is 0 Å². The van der Waals surface area contributed by atoms with Crippen LogP contribution < -0.4 is 10.6 Å². The zero-order valence-electron chi connectivity index (χ0n) is 9.15. The van der Waals surface area contributed by atoms with Gasteiger partial charge in [0.15, 0.2) is 0 Å². The quantitative estimate of drug-likeness (QED) is 0.638. The van der Waals surface area contributed by atoms with Crippen LogP contribution in [0.25, 0.3) is 0 Å². The van der Waals surface area contributed by atoms with E-state index in [9.17, 15) is 0 Å². The van der Waals surface area contributed by atoms with Crippen molar-refractivity contribution in [3.8, 4) is 0 Å². The molecule has 12 heavy (non-hydrogen) atoms. The molecule has 0 saturated carbocycles. The van der Waals surface area contributed by atoms with Crippen LogP contribution in [0.15, 0.2) is 0 Å². The van der Waals surface area contributed by atoms with Gasteiger partial charge in [0.1, 0.15) is 0 Å². The van der Waals surface area contributed by atoms with Gasteiger partial charge in [-0.1, -0.05) is 27.7 Å². The van der Waals surface area contributed by atoms with Crippen LogP contribution >= 0.6 is 0 Å². The smallest absolute Gasteiger partial charge is 0.00531 e. The van der Waals surface area contributed by atoms with Crippen LogP contribution in [0, 0.1) is 0 Å². The third-order valence-electron chi connectivity index (χ3n) is 1.75. The Morgan fingerprint density at radius 3 is 1.92 bits per heavy atom. The third kappa shape index (κ3) is 8.02. The molecule has 0 aromatic carbocycles. The Morgan fingerprint density at radius 2 is 1.50 bits per heavy atom. The second-order valence-corrected chi connectivity index (χ2v) is 4.12. The molecule has 0 rings (SSSR count). The molecule has 0 fully saturated rings. The highest BCUT2D eigenvalue weighted by molar-refractivity contribution is 4.65. The molecule has 0 heterocycles. The molecule has 0 aliphatic heterocycles. The summed E-state index contributed by atoms with van der Waals surface area (Å²) in [4.78, 5) is 0. The van der Waals surface area contributed by atoms with E-state index in [-0.39, 0.29) is 0 Å². The molecule has 74 valence electrons. The van der Waals surface area contributed by atoms with Crippen LogP contribution in [0.2, 0.25) is 0 Å². The lowest BCUT2D eigenvalue weighted by atomic mass is 10.2. The van der Waals surface area contributed by atoms with Crippen molar-refractivity contribution in [2.75, 3.05) is 6.54 Å². The first kappa shape index (κ1) is 11.9. The van der Waals surface area contributed by atoms with Gasteiger partial charge in [-0.3, -0.25) is 0 Å². The van der Waals surface area contributed by atoms with Crippen molar-refractivity contribution in [1.82, 2.24) is 10.6 Å². The summed E-state index contributed by atoms with van der Waals surface area (Å²) in [5.41, 5.74) is 0. The van der Waals surface area contributed by atoms with Crippen LogP contribution in [0.1, 0.15) is 41.0 Å². The molecule has 2 heteroatoms. The molecule has 0 aromatic rings.